The number of nitrogens with zero attached hydrogens (tertiary/aromatic N) is 1. The zero-order valence-electron chi connectivity index (χ0n) is 14.5. The van der Waals surface area contributed by atoms with Gasteiger partial charge >= 0.3 is 0 Å². The summed E-state index contributed by atoms with van der Waals surface area (Å²) in [5, 5.41) is 3.95. The van der Waals surface area contributed by atoms with E-state index in [1.165, 1.54) is 4.31 Å². The zero-order chi connectivity index (χ0) is 18.9. The number of benzene rings is 3. The van der Waals surface area contributed by atoms with Crippen molar-refractivity contribution in [1.82, 2.24) is 4.31 Å². The topological polar surface area (TPSA) is 49.4 Å². The molecule has 6 heteroatoms. The summed E-state index contributed by atoms with van der Waals surface area (Å²) in [7, 11) is -3.64. The molecule has 0 spiro atoms. The van der Waals surface area contributed by atoms with Crippen LogP contribution in [-0.4, -0.2) is 19.3 Å². The van der Waals surface area contributed by atoms with E-state index >= 15 is 0 Å². The van der Waals surface area contributed by atoms with Gasteiger partial charge in [-0.3, -0.25) is 0 Å². The van der Waals surface area contributed by atoms with Gasteiger partial charge in [0.15, 0.2) is 0 Å². The van der Waals surface area contributed by atoms with E-state index < -0.39 is 16.2 Å². The Morgan fingerprint density at radius 2 is 1.67 bits per heavy atom. The summed E-state index contributed by atoms with van der Waals surface area (Å²) in [6, 6.07) is 24.2. The van der Waals surface area contributed by atoms with Crippen molar-refractivity contribution >= 4 is 27.3 Å². The molecular weight excluding hydrogens is 380 g/mol. The summed E-state index contributed by atoms with van der Waals surface area (Å²) in [6.45, 7) is 0.366. The normalized spacial score (nSPS) is 18.5. The lowest BCUT2D eigenvalue weighted by Gasteiger charge is -2.37. The first-order valence-corrected chi connectivity index (χ1v) is 10.5. The molecule has 0 saturated carbocycles. The number of halogens is 1. The van der Waals surface area contributed by atoms with Gasteiger partial charge in [0.2, 0.25) is 10.0 Å². The van der Waals surface area contributed by atoms with Crippen LogP contribution in [0.3, 0.4) is 0 Å². The fourth-order valence-corrected chi connectivity index (χ4v) is 5.25. The van der Waals surface area contributed by atoms with Crippen molar-refractivity contribution in [3.63, 3.8) is 0 Å². The molecule has 1 aliphatic rings. The van der Waals surface area contributed by atoms with Gasteiger partial charge in [-0.2, -0.15) is 4.31 Å². The molecule has 0 aromatic heterocycles. The van der Waals surface area contributed by atoms with Crippen LogP contribution in [0.4, 0.5) is 5.69 Å². The van der Waals surface area contributed by atoms with Gasteiger partial charge in [0.05, 0.1) is 5.69 Å². The van der Waals surface area contributed by atoms with Crippen molar-refractivity contribution in [3.05, 3.63) is 95.0 Å². The summed E-state index contributed by atoms with van der Waals surface area (Å²) < 4.78 is 28.2. The Morgan fingerprint density at radius 3 is 2.44 bits per heavy atom. The molecule has 3 aromatic carbocycles. The molecule has 4 nitrogen and oxygen atoms in total. The Balaban J connectivity index is 1.75. The maximum absolute atomic E-state index is 13.3. The number of hydrogen-bond donors (Lipinski definition) is 1. The third-order valence-corrected chi connectivity index (χ3v) is 6.84. The van der Waals surface area contributed by atoms with E-state index in [1.54, 1.807) is 30.3 Å². The van der Waals surface area contributed by atoms with E-state index in [0.717, 1.165) is 11.1 Å². The number of nitrogens with one attached hydrogen (secondary N) is 1. The second-order valence-corrected chi connectivity index (χ2v) is 8.74. The van der Waals surface area contributed by atoms with Gasteiger partial charge in [0.1, 0.15) is 11.1 Å². The van der Waals surface area contributed by atoms with Gasteiger partial charge in [0.25, 0.3) is 0 Å². The van der Waals surface area contributed by atoms with Crippen LogP contribution in [0.25, 0.3) is 0 Å². The molecule has 4 rings (SSSR count). The highest BCUT2D eigenvalue weighted by atomic mass is 35.5. The third kappa shape index (κ3) is 3.58. The van der Waals surface area contributed by atoms with Crippen molar-refractivity contribution in [1.29, 1.82) is 0 Å². The van der Waals surface area contributed by atoms with Crippen LogP contribution in [-0.2, 0) is 16.4 Å². The Morgan fingerprint density at radius 1 is 0.926 bits per heavy atom. The predicted molar refractivity (Wildman–Crippen MR) is 108 cm³/mol. The lowest BCUT2D eigenvalue weighted by atomic mass is 10.1. The van der Waals surface area contributed by atoms with Gasteiger partial charge in [-0.05, 0) is 41.8 Å². The summed E-state index contributed by atoms with van der Waals surface area (Å²) in [5.41, 5.74) is 2.52. The van der Waals surface area contributed by atoms with Crippen LogP contribution in [0, 0.1) is 0 Å². The summed E-state index contributed by atoms with van der Waals surface area (Å²) in [5.74, 6) is 0. The van der Waals surface area contributed by atoms with Gasteiger partial charge in [-0.25, -0.2) is 8.42 Å². The molecule has 1 N–H and O–H groups in total. The highest BCUT2D eigenvalue weighted by Gasteiger charge is 2.38. The molecule has 0 fully saturated rings. The first-order chi connectivity index (χ1) is 13.1. The molecule has 27 heavy (non-hydrogen) atoms. The van der Waals surface area contributed by atoms with Crippen LogP contribution in [0.15, 0.2) is 83.8 Å². The standard InChI is InChI=1S/C21H19ClN2O2S/c22-18-10-6-9-17(15-18)21-23-19-11-4-5-12-20(19)27(25,26)24(21)14-13-16-7-2-1-3-8-16/h1-12,15,21,23H,13-14H2. The fourth-order valence-electron chi connectivity index (χ4n) is 3.35. The predicted octanol–water partition coefficient (Wildman–Crippen LogP) is 4.70. The Kier molecular flexibility index (Phi) is 4.91. The van der Waals surface area contributed by atoms with Crippen LogP contribution >= 0.6 is 11.6 Å². The second-order valence-electron chi connectivity index (χ2n) is 6.45. The molecule has 1 aliphatic heterocycles. The minimum atomic E-state index is -3.64. The number of fused-ring (bicyclic) bond motifs is 1. The molecule has 1 atom stereocenters. The number of sulfonamides is 1. The van der Waals surface area contributed by atoms with Crippen LogP contribution < -0.4 is 5.32 Å². The van der Waals surface area contributed by atoms with Gasteiger partial charge in [-0.1, -0.05) is 66.2 Å². The van der Waals surface area contributed by atoms with Gasteiger partial charge < -0.3 is 5.32 Å². The molecule has 3 aromatic rings. The molecular formula is C21H19ClN2O2S. The largest absolute Gasteiger partial charge is 0.364 e. The van der Waals surface area contributed by atoms with Crippen molar-refractivity contribution in [2.24, 2.45) is 0 Å². The maximum Gasteiger partial charge on any atom is 0.247 e. The van der Waals surface area contributed by atoms with E-state index in [9.17, 15) is 8.42 Å². The number of rotatable bonds is 4. The quantitative estimate of drug-likeness (QED) is 0.693. The zero-order valence-corrected chi connectivity index (χ0v) is 16.1. The van der Waals surface area contributed by atoms with Gasteiger partial charge in [0, 0.05) is 11.6 Å². The summed E-state index contributed by atoms with van der Waals surface area (Å²) >= 11 is 6.16. The van der Waals surface area contributed by atoms with Crippen LogP contribution in [0.2, 0.25) is 5.02 Å². The first kappa shape index (κ1) is 18.0. The van der Waals surface area contributed by atoms with E-state index in [1.807, 2.05) is 48.5 Å². The lowest BCUT2D eigenvalue weighted by molar-refractivity contribution is 0.345. The molecule has 0 bridgehead atoms. The molecule has 0 amide bonds. The average Bonchev–Trinajstić information content (AvgIpc) is 2.68. The van der Waals surface area contributed by atoms with Crippen LogP contribution in [0.1, 0.15) is 17.3 Å². The van der Waals surface area contributed by atoms with Crippen LogP contribution in [0.5, 0.6) is 0 Å². The summed E-state index contributed by atoms with van der Waals surface area (Å²) in [6.07, 6.45) is 0.119. The molecule has 0 radical (unpaired) electrons. The van der Waals surface area contributed by atoms with E-state index in [2.05, 4.69) is 5.32 Å². The third-order valence-electron chi connectivity index (χ3n) is 4.68. The monoisotopic (exact) mass is 398 g/mol. The van der Waals surface area contributed by atoms with Crippen molar-refractivity contribution in [2.45, 2.75) is 17.5 Å². The molecule has 138 valence electrons. The Labute approximate surface area is 164 Å². The fraction of sp³-hybridized carbons (Fsp3) is 0.143. The first-order valence-electron chi connectivity index (χ1n) is 8.72. The van der Waals surface area contributed by atoms with E-state index in [4.69, 9.17) is 11.6 Å². The minimum absolute atomic E-state index is 0.302. The molecule has 0 aliphatic carbocycles. The van der Waals surface area contributed by atoms with E-state index in [0.29, 0.717) is 28.6 Å². The smallest absolute Gasteiger partial charge is 0.247 e. The van der Waals surface area contributed by atoms with E-state index in [-0.39, 0.29) is 0 Å². The van der Waals surface area contributed by atoms with Crippen molar-refractivity contribution in [3.8, 4) is 0 Å². The van der Waals surface area contributed by atoms with Crippen molar-refractivity contribution < 1.29 is 8.42 Å². The number of hydrogen-bond acceptors (Lipinski definition) is 3. The van der Waals surface area contributed by atoms with Gasteiger partial charge in [-0.15, -0.1) is 0 Å². The molecule has 0 saturated heterocycles. The minimum Gasteiger partial charge on any atom is -0.364 e. The number of para-hydroxylation sites is 1. The Bertz CT molecular complexity index is 1050. The highest BCUT2D eigenvalue weighted by molar-refractivity contribution is 7.89. The molecule has 1 unspecified atom stereocenters. The molecule has 1 heterocycles. The lowest BCUT2D eigenvalue weighted by Crippen LogP contribution is -2.43. The average molecular weight is 399 g/mol. The Hall–Kier alpha value is -2.34. The maximum atomic E-state index is 13.3. The SMILES string of the molecule is O=S1(=O)c2ccccc2NC(c2cccc(Cl)c2)N1CCc1ccccc1. The van der Waals surface area contributed by atoms with Crippen molar-refractivity contribution in [2.75, 3.05) is 11.9 Å². The highest BCUT2D eigenvalue weighted by Crippen LogP contribution is 2.38. The summed E-state index contributed by atoms with van der Waals surface area (Å²) in [4.78, 5) is 0.302. The second kappa shape index (κ2) is 7.35. The number of anilines is 1.